The number of hydrogen-bond donors (Lipinski definition) is 1. The van der Waals surface area contributed by atoms with E-state index >= 15 is 0 Å². The highest BCUT2D eigenvalue weighted by Crippen LogP contribution is 2.28. The fourth-order valence-electron chi connectivity index (χ4n) is 2.05. The summed E-state index contributed by atoms with van der Waals surface area (Å²) in [6.45, 7) is 1.15. The third-order valence-corrected chi connectivity index (χ3v) is 3.41. The van der Waals surface area contributed by atoms with E-state index in [9.17, 15) is 19.5 Å². The van der Waals surface area contributed by atoms with Crippen molar-refractivity contribution in [1.82, 2.24) is 0 Å². The molecule has 4 nitrogen and oxygen atoms in total. The number of hydrogen-bond acceptors (Lipinski definition) is 3. The van der Waals surface area contributed by atoms with Gasteiger partial charge in [-0.3, -0.25) is 14.4 Å². The number of carboxylic acid groups (broad SMARTS) is 1. The Morgan fingerprint density at radius 3 is 1.38 bits per heavy atom. The summed E-state index contributed by atoms with van der Waals surface area (Å²) in [6, 6.07) is 15.9. The summed E-state index contributed by atoms with van der Waals surface area (Å²) in [5.74, 6) is -2.89. The summed E-state index contributed by atoms with van der Waals surface area (Å²) in [5.41, 5.74) is -1.73. The van der Waals surface area contributed by atoms with Crippen molar-refractivity contribution >= 4 is 17.5 Å². The Kier molecular flexibility index (Phi) is 3.98. The first kappa shape index (κ1) is 14.7. The number of carboxylic acids is 1. The van der Waals surface area contributed by atoms with Crippen molar-refractivity contribution < 1.29 is 19.5 Å². The fraction of sp³-hybridized carbons (Fsp3) is 0.118. The van der Waals surface area contributed by atoms with E-state index in [1.807, 2.05) is 0 Å². The maximum atomic E-state index is 12.5. The van der Waals surface area contributed by atoms with Crippen molar-refractivity contribution in [1.29, 1.82) is 0 Å². The van der Waals surface area contributed by atoms with Gasteiger partial charge in [0.05, 0.1) is 0 Å². The topological polar surface area (TPSA) is 71.4 Å². The molecule has 0 fully saturated rings. The van der Waals surface area contributed by atoms with Gasteiger partial charge < -0.3 is 5.11 Å². The average molecular weight is 282 g/mol. The van der Waals surface area contributed by atoms with Crippen LogP contribution in [0.5, 0.6) is 0 Å². The Morgan fingerprint density at radius 1 is 0.762 bits per heavy atom. The summed E-state index contributed by atoms with van der Waals surface area (Å²) < 4.78 is 0. The van der Waals surface area contributed by atoms with Crippen LogP contribution in [0, 0.1) is 5.41 Å². The normalized spacial score (nSPS) is 10.9. The second-order valence-corrected chi connectivity index (χ2v) is 4.82. The van der Waals surface area contributed by atoms with Gasteiger partial charge in [-0.15, -0.1) is 0 Å². The number of ketones is 2. The minimum Gasteiger partial charge on any atom is -0.480 e. The zero-order valence-corrected chi connectivity index (χ0v) is 11.4. The van der Waals surface area contributed by atoms with Gasteiger partial charge in [0, 0.05) is 11.1 Å². The zero-order valence-electron chi connectivity index (χ0n) is 11.4. The van der Waals surface area contributed by atoms with Crippen LogP contribution in [-0.4, -0.2) is 22.6 Å². The summed E-state index contributed by atoms with van der Waals surface area (Å²) in [7, 11) is 0. The molecular weight excluding hydrogens is 268 g/mol. The van der Waals surface area contributed by atoms with Gasteiger partial charge in [-0.2, -0.15) is 0 Å². The van der Waals surface area contributed by atoms with Crippen LogP contribution in [0.2, 0.25) is 0 Å². The molecule has 0 unspecified atom stereocenters. The molecule has 0 aromatic heterocycles. The fourth-order valence-corrected chi connectivity index (χ4v) is 2.05. The predicted octanol–water partition coefficient (Wildman–Crippen LogP) is 2.84. The van der Waals surface area contributed by atoms with E-state index in [0.717, 1.165) is 6.92 Å². The number of carbonyl (C=O) groups excluding carboxylic acids is 2. The van der Waals surface area contributed by atoms with Crippen LogP contribution in [0.15, 0.2) is 60.7 Å². The number of Topliss-reactive ketones (excluding diaryl/α,β-unsaturated/α-hetero) is 2. The van der Waals surface area contributed by atoms with Gasteiger partial charge in [-0.25, -0.2) is 0 Å². The molecule has 0 amide bonds. The quantitative estimate of drug-likeness (QED) is 0.676. The highest BCUT2D eigenvalue weighted by atomic mass is 16.4. The monoisotopic (exact) mass is 282 g/mol. The van der Waals surface area contributed by atoms with Gasteiger partial charge in [-0.1, -0.05) is 60.7 Å². The minimum absolute atomic E-state index is 0.201. The molecule has 0 atom stereocenters. The van der Waals surface area contributed by atoms with Crippen molar-refractivity contribution in [2.45, 2.75) is 6.92 Å². The van der Waals surface area contributed by atoms with Crippen LogP contribution in [0.1, 0.15) is 27.6 Å². The molecule has 2 aromatic rings. The minimum atomic E-state index is -2.14. The molecule has 4 heteroatoms. The highest BCUT2D eigenvalue weighted by Gasteiger charge is 2.48. The molecule has 0 saturated carbocycles. The van der Waals surface area contributed by atoms with Crippen LogP contribution < -0.4 is 0 Å². The van der Waals surface area contributed by atoms with Crippen LogP contribution >= 0.6 is 0 Å². The second-order valence-electron chi connectivity index (χ2n) is 4.82. The van der Waals surface area contributed by atoms with Gasteiger partial charge in [0.1, 0.15) is 0 Å². The van der Waals surface area contributed by atoms with E-state index in [2.05, 4.69) is 0 Å². The van der Waals surface area contributed by atoms with E-state index in [4.69, 9.17) is 0 Å². The van der Waals surface area contributed by atoms with Crippen molar-refractivity contribution in [3.8, 4) is 0 Å². The van der Waals surface area contributed by atoms with Crippen molar-refractivity contribution in [2.24, 2.45) is 5.41 Å². The first-order chi connectivity index (χ1) is 9.98. The van der Waals surface area contributed by atoms with Crippen LogP contribution in [0.25, 0.3) is 0 Å². The van der Waals surface area contributed by atoms with Crippen molar-refractivity contribution in [3.63, 3.8) is 0 Å². The van der Waals surface area contributed by atoms with E-state index in [-0.39, 0.29) is 11.1 Å². The Hall–Kier alpha value is -2.75. The maximum Gasteiger partial charge on any atom is 0.325 e. The predicted molar refractivity (Wildman–Crippen MR) is 77.3 cm³/mol. The standard InChI is InChI=1S/C17H14O4/c1-17(16(20)21,14(18)12-8-4-2-5-9-12)15(19)13-10-6-3-7-11-13/h2-11H,1H3,(H,20,21). The first-order valence-electron chi connectivity index (χ1n) is 6.41. The summed E-state index contributed by atoms with van der Waals surface area (Å²) in [4.78, 5) is 36.7. The number of aliphatic carboxylic acids is 1. The highest BCUT2D eigenvalue weighted by molar-refractivity contribution is 6.30. The summed E-state index contributed by atoms with van der Waals surface area (Å²) >= 11 is 0. The molecule has 0 aliphatic heterocycles. The Balaban J connectivity index is 2.49. The molecule has 0 radical (unpaired) electrons. The molecule has 0 spiro atoms. The molecule has 106 valence electrons. The summed E-state index contributed by atoms with van der Waals surface area (Å²) in [6.07, 6.45) is 0. The van der Waals surface area contributed by atoms with Gasteiger partial charge in [0.25, 0.3) is 0 Å². The van der Waals surface area contributed by atoms with Gasteiger partial charge in [0.2, 0.25) is 0 Å². The second kappa shape index (κ2) is 5.71. The Bertz CT molecular complexity index is 623. The molecule has 2 rings (SSSR count). The van der Waals surface area contributed by atoms with Gasteiger partial charge in [-0.05, 0) is 6.92 Å². The molecular formula is C17H14O4. The van der Waals surface area contributed by atoms with E-state index in [1.54, 1.807) is 36.4 Å². The third kappa shape index (κ3) is 2.60. The van der Waals surface area contributed by atoms with E-state index in [0.29, 0.717) is 0 Å². The van der Waals surface area contributed by atoms with Gasteiger partial charge >= 0.3 is 5.97 Å². The lowest BCUT2D eigenvalue weighted by atomic mass is 9.76. The summed E-state index contributed by atoms with van der Waals surface area (Å²) in [5, 5.41) is 9.45. The lowest BCUT2D eigenvalue weighted by Crippen LogP contribution is -2.44. The van der Waals surface area contributed by atoms with Crippen LogP contribution in [0.3, 0.4) is 0 Å². The Labute approximate surface area is 122 Å². The molecule has 1 N–H and O–H groups in total. The number of benzene rings is 2. The lowest BCUT2D eigenvalue weighted by molar-refractivity contribution is -0.142. The molecule has 0 heterocycles. The first-order valence-corrected chi connectivity index (χ1v) is 6.41. The van der Waals surface area contributed by atoms with Crippen molar-refractivity contribution in [3.05, 3.63) is 71.8 Å². The molecule has 0 aliphatic carbocycles. The number of carbonyl (C=O) groups is 3. The lowest BCUT2D eigenvalue weighted by Gasteiger charge is -2.22. The third-order valence-electron chi connectivity index (χ3n) is 3.41. The maximum absolute atomic E-state index is 12.5. The molecule has 0 saturated heterocycles. The van der Waals surface area contributed by atoms with Crippen LogP contribution in [-0.2, 0) is 4.79 Å². The number of rotatable bonds is 5. The van der Waals surface area contributed by atoms with Crippen molar-refractivity contribution in [2.75, 3.05) is 0 Å². The molecule has 21 heavy (non-hydrogen) atoms. The van der Waals surface area contributed by atoms with E-state index in [1.165, 1.54) is 24.3 Å². The smallest absolute Gasteiger partial charge is 0.325 e. The van der Waals surface area contributed by atoms with Gasteiger partial charge in [0.15, 0.2) is 17.0 Å². The Morgan fingerprint density at radius 2 is 1.10 bits per heavy atom. The average Bonchev–Trinajstić information content (AvgIpc) is 2.54. The molecule has 2 aromatic carbocycles. The largest absolute Gasteiger partial charge is 0.480 e. The molecule has 0 aliphatic rings. The SMILES string of the molecule is CC(C(=O)O)(C(=O)c1ccccc1)C(=O)c1ccccc1. The van der Waals surface area contributed by atoms with Crippen LogP contribution in [0.4, 0.5) is 0 Å². The van der Waals surface area contributed by atoms with E-state index < -0.39 is 23.0 Å². The molecule has 0 bridgehead atoms. The zero-order chi connectivity index (χ0) is 15.5.